The van der Waals surface area contributed by atoms with Crippen LogP contribution in [-0.2, 0) is 21.9 Å². The largest absolute Gasteiger partial charge is 0.507 e. The fourth-order valence-electron chi connectivity index (χ4n) is 5.87. The zero-order valence-electron chi connectivity index (χ0n) is 26.6. The Morgan fingerprint density at radius 2 is 1.68 bits per heavy atom. The standard InChI is InChI=1S/C38H28N4O6S2/c1-23-6-4-7-24(20-23)21-48-30-18-14-27(15-19-30)34(43)32-33(26-12-16-29(17-13-26)42(46)47)41(36(45)35(32)44)37-39-40-38(50-37)49-22-28-10-5-9-25-8-2-3-11-31(25)28/h2-20,33,43H,21-22H2,1H3. The second-order valence-corrected chi connectivity index (χ2v) is 13.8. The Morgan fingerprint density at radius 1 is 0.940 bits per heavy atom. The monoisotopic (exact) mass is 700 g/mol. The summed E-state index contributed by atoms with van der Waals surface area (Å²) in [4.78, 5) is 39.4. The molecule has 1 unspecified atom stereocenters. The van der Waals surface area contributed by atoms with E-state index in [-0.39, 0.29) is 16.4 Å². The van der Waals surface area contributed by atoms with Crippen molar-refractivity contribution < 1.29 is 24.4 Å². The summed E-state index contributed by atoms with van der Waals surface area (Å²) in [6.07, 6.45) is 0. The molecule has 1 aromatic heterocycles. The van der Waals surface area contributed by atoms with Crippen LogP contribution in [0.2, 0.25) is 0 Å². The Morgan fingerprint density at radius 3 is 2.44 bits per heavy atom. The summed E-state index contributed by atoms with van der Waals surface area (Å²) in [6.45, 7) is 2.35. The summed E-state index contributed by atoms with van der Waals surface area (Å²) in [5.41, 5.74) is 3.59. The Bertz CT molecular complexity index is 2280. The van der Waals surface area contributed by atoms with E-state index in [1.165, 1.54) is 40.9 Å². The maximum Gasteiger partial charge on any atom is 0.301 e. The maximum atomic E-state index is 13.7. The first-order valence-corrected chi connectivity index (χ1v) is 17.3. The third kappa shape index (κ3) is 6.58. The normalized spacial score (nSPS) is 15.5. The molecule has 1 fully saturated rings. The number of aliphatic hydroxyl groups excluding tert-OH is 1. The van der Waals surface area contributed by atoms with Gasteiger partial charge in [-0.3, -0.25) is 24.6 Å². The molecular formula is C38H28N4O6S2. The summed E-state index contributed by atoms with van der Waals surface area (Å²) in [5, 5.41) is 34.0. The minimum absolute atomic E-state index is 0.157. The molecule has 1 N–H and O–H groups in total. The van der Waals surface area contributed by atoms with Gasteiger partial charge in [0, 0.05) is 23.4 Å². The molecule has 6 aromatic rings. The van der Waals surface area contributed by atoms with E-state index in [0.29, 0.717) is 33.6 Å². The lowest BCUT2D eigenvalue weighted by Gasteiger charge is -2.22. The van der Waals surface area contributed by atoms with Crippen molar-refractivity contribution in [3.63, 3.8) is 0 Å². The highest BCUT2D eigenvalue weighted by Crippen LogP contribution is 2.44. The lowest BCUT2D eigenvalue weighted by Crippen LogP contribution is -2.29. The number of aromatic nitrogens is 2. The lowest BCUT2D eigenvalue weighted by molar-refractivity contribution is -0.384. The van der Waals surface area contributed by atoms with Crippen LogP contribution in [0.15, 0.2) is 125 Å². The molecule has 10 nitrogen and oxygen atoms in total. The second-order valence-electron chi connectivity index (χ2n) is 11.6. The number of carbonyl (C=O) groups is 2. The maximum absolute atomic E-state index is 13.7. The van der Waals surface area contributed by atoms with Crippen molar-refractivity contribution in [1.82, 2.24) is 10.2 Å². The van der Waals surface area contributed by atoms with Crippen LogP contribution in [-0.4, -0.2) is 31.9 Å². The molecular weight excluding hydrogens is 673 g/mol. The highest BCUT2D eigenvalue weighted by atomic mass is 32.2. The third-order valence-corrected chi connectivity index (χ3v) is 10.4. The van der Waals surface area contributed by atoms with E-state index >= 15 is 0 Å². The minimum Gasteiger partial charge on any atom is -0.507 e. The Labute approximate surface area is 294 Å². The Kier molecular flexibility index (Phi) is 9.11. The number of nitro groups is 1. The van der Waals surface area contributed by atoms with Gasteiger partial charge in [-0.25, -0.2) is 0 Å². The molecule has 1 amide bonds. The fourth-order valence-corrected chi connectivity index (χ4v) is 7.74. The number of ether oxygens (including phenoxy) is 1. The van der Waals surface area contributed by atoms with Crippen molar-refractivity contribution in [3.05, 3.63) is 159 Å². The number of nitrogens with zero attached hydrogens (tertiary/aromatic N) is 4. The number of fused-ring (bicyclic) bond motifs is 1. The van der Waals surface area contributed by atoms with Gasteiger partial charge in [0.05, 0.1) is 16.5 Å². The van der Waals surface area contributed by atoms with Crippen LogP contribution in [0.25, 0.3) is 16.5 Å². The van der Waals surface area contributed by atoms with Gasteiger partial charge in [0.25, 0.3) is 11.5 Å². The number of hydrogen-bond acceptors (Lipinski definition) is 10. The van der Waals surface area contributed by atoms with E-state index in [2.05, 4.69) is 28.4 Å². The molecule has 1 aliphatic rings. The molecule has 0 spiro atoms. The molecule has 2 heterocycles. The summed E-state index contributed by atoms with van der Waals surface area (Å²) in [7, 11) is 0. The summed E-state index contributed by atoms with van der Waals surface area (Å²) < 4.78 is 6.50. The molecule has 0 bridgehead atoms. The average molecular weight is 701 g/mol. The first-order chi connectivity index (χ1) is 24.3. The number of aliphatic hydroxyl groups is 1. The number of hydrogen-bond donors (Lipinski definition) is 1. The van der Waals surface area contributed by atoms with E-state index in [9.17, 15) is 24.8 Å². The smallest absolute Gasteiger partial charge is 0.301 e. The van der Waals surface area contributed by atoms with E-state index in [0.717, 1.165) is 38.8 Å². The van der Waals surface area contributed by atoms with Gasteiger partial charge >= 0.3 is 5.91 Å². The average Bonchev–Trinajstić information content (AvgIpc) is 3.71. The predicted octanol–water partition coefficient (Wildman–Crippen LogP) is 8.41. The van der Waals surface area contributed by atoms with Gasteiger partial charge < -0.3 is 9.84 Å². The molecule has 248 valence electrons. The van der Waals surface area contributed by atoms with Crippen LogP contribution in [0.1, 0.15) is 33.9 Å². The molecule has 50 heavy (non-hydrogen) atoms. The number of aryl methyl sites for hydroxylation is 1. The topological polar surface area (TPSA) is 136 Å². The molecule has 0 radical (unpaired) electrons. The Hall–Kier alpha value is -5.85. The molecule has 0 aliphatic carbocycles. The molecule has 0 saturated carbocycles. The van der Waals surface area contributed by atoms with Crippen molar-refractivity contribution in [2.24, 2.45) is 0 Å². The predicted molar refractivity (Wildman–Crippen MR) is 193 cm³/mol. The van der Waals surface area contributed by atoms with Gasteiger partial charge in [0.15, 0.2) is 4.34 Å². The highest BCUT2D eigenvalue weighted by molar-refractivity contribution is 8.00. The van der Waals surface area contributed by atoms with Crippen LogP contribution < -0.4 is 9.64 Å². The number of amides is 1. The molecule has 1 aliphatic heterocycles. The number of ketones is 1. The second kappa shape index (κ2) is 13.9. The van der Waals surface area contributed by atoms with Gasteiger partial charge in [-0.05, 0) is 70.8 Å². The molecule has 7 rings (SSSR count). The lowest BCUT2D eigenvalue weighted by atomic mass is 9.95. The third-order valence-electron chi connectivity index (χ3n) is 8.31. The number of nitro benzene ring substituents is 1. The fraction of sp³-hybridized carbons (Fsp3) is 0.105. The summed E-state index contributed by atoms with van der Waals surface area (Å²) in [5.74, 6) is -1.04. The van der Waals surface area contributed by atoms with Crippen LogP contribution >= 0.6 is 23.1 Å². The number of thioether (sulfide) groups is 1. The van der Waals surface area contributed by atoms with Crippen molar-refractivity contribution in [3.8, 4) is 5.75 Å². The van der Waals surface area contributed by atoms with Gasteiger partial charge in [-0.2, -0.15) is 0 Å². The number of benzene rings is 5. The van der Waals surface area contributed by atoms with Crippen molar-refractivity contribution in [2.75, 3.05) is 4.90 Å². The van der Waals surface area contributed by atoms with Gasteiger partial charge in [-0.1, -0.05) is 95.4 Å². The molecule has 5 aromatic carbocycles. The highest BCUT2D eigenvalue weighted by Gasteiger charge is 2.48. The van der Waals surface area contributed by atoms with Crippen LogP contribution in [0, 0.1) is 17.0 Å². The first kappa shape index (κ1) is 32.7. The zero-order chi connectivity index (χ0) is 34.8. The van der Waals surface area contributed by atoms with Crippen molar-refractivity contribution >= 4 is 62.1 Å². The van der Waals surface area contributed by atoms with Gasteiger partial charge in [0.1, 0.15) is 18.1 Å². The minimum atomic E-state index is -1.11. The molecule has 1 saturated heterocycles. The van der Waals surface area contributed by atoms with E-state index in [4.69, 9.17) is 4.74 Å². The first-order valence-electron chi connectivity index (χ1n) is 15.5. The Balaban J connectivity index is 1.19. The van der Waals surface area contributed by atoms with Gasteiger partial charge in [0.2, 0.25) is 5.13 Å². The molecule has 1 atom stereocenters. The number of carbonyl (C=O) groups excluding carboxylic acids is 2. The zero-order valence-corrected chi connectivity index (χ0v) is 28.2. The van der Waals surface area contributed by atoms with Crippen LogP contribution in [0.5, 0.6) is 5.75 Å². The van der Waals surface area contributed by atoms with E-state index < -0.39 is 28.4 Å². The summed E-state index contributed by atoms with van der Waals surface area (Å²) in [6, 6.07) is 33.1. The van der Waals surface area contributed by atoms with Crippen LogP contribution in [0.4, 0.5) is 10.8 Å². The number of rotatable bonds is 10. The number of anilines is 1. The number of Topliss-reactive ketones (excluding diaryl/α,β-unsaturated/α-hetero) is 1. The number of non-ortho nitro benzene ring substituents is 1. The summed E-state index contributed by atoms with van der Waals surface area (Å²) >= 11 is 2.60. The van der Waals surface area contributed by atoms with Crippen LogP contribution in [0.3, 0.4) is 0 Å². The van der Waals surface area contributed by atoms with Crippen molar-refractivity contribution in [2.45, 2.75) is 29.7 Å². The molecule has 12 heteroatoms. The van der Waals surface area contributed by atoms with Crippen molar-refractivity contribution in [1.29, 1.82) is 0 Å². The quantitative estimate of drug-likeness (QED) is 0.0284. The van der Waals surface area contributed by atoms with E-state index in [1.54, 1.807) is 24.3 Å². The SMILES string of the molecule is Cc1cccc(COc2ccc(C(O)=C3C(=O)C(=O)N(c4nnc(SCc5cccc6ccccc56)s4)C3c3ccc([N+](=O)[O-])cc3)cc2)c1. The van der Waals surface area contributed by atoms with E-state index in [1.807, 2.05) is 55.5 Å². The van der Waals surface area contributed by atoms with Gasteiger partial charge in [-0.15, -0.1) is 10.2 Å².